The minimum atomic E-state index is -0.191. The molecule has 1 aromatic heterocycles. The highest BCUT2D eigenvalue weighted by atomic mass is 35.5. The van der Waals surface area contributed by atoms with E-state index in [-0.39, 0.29) is 28.8 Å². The first kappa shape index (κ1) is 20.1. The number of aryl methyl sites for hydroxylation is 1. The van der Waals surface area contributed by atoms with E-state index in [0.717, 1.165) is 62.9 Å². The molecule has 1 amide bonds. The molecule has 1 atom stereocenters. The zero-order valence-electron chi connectivity index (χ0n) is 16.2. The average Bonchev–Trinajstić information content (AvgIpc) is 3.46. The van der Waals surface area contributed by atoms with Crippen LogP contribution in [-0.4, -0.2) is 39.6 Å². The molecule has 2 aliphatic rings. The van der Waals surface area contributed by atoms with Crippen molar-refractivity contribution < 1.29 is 9.59 Å². The molecule has 0 spiro atoms. The van der Waals surface area contributed by atoms with Gasteiger partial charge >= 0.3 is 0 Å². The van der Waals surface area contributed by atoms with Crippen LogP contribution < -0.4 is 5.73 Å². The molecule has 7 heteroatoms. The Kier molecular flexibility index (Phi) is 6.35. The number of nitrogens with two attached hydrogens (primary N) is 1. The van der Waals surface area contributed by atoms with Crippen LogP contribution in [0.5, 0.6) is 0 Å². The summed E-state index contributed by atoms with van der Waals surface area (Å²) in [6, 6.07) is 0. The molecule has 27 heavy (non-hydrogen) atoms. The molecule has 3 rings (SSSR count). The number of carbonyl (C=O) groups is 2. The lowest BCUT2D eigenvalue weighted by molar-refractivity contribution is -0.138. The second-order valence-corrected chi connectivity index (χ2v) is 8.43. The third-order valence-corrected chi connectivity index (χ3v) is 6.08. The standard InChI is InChI=1S/C20H29ClN4O2/c1-12(11-17(26)15-4-5-15)19(27)25-9-7-14(8-10-25)3-6-16-13(2)23-20(21)24-18(16)22/h12,14-15H,3-11H2,1-2H3,(H2,22,23,24)/t12-/m1/s1. The maximum atomic E-state index is 12.6. The Morgan fingerprint density at radius 3 is 2.48 bits per heavy atom. The number of halogens is 1. The van der Waals surface area contributed by atoms with Gasteiger partial charge in [0.1, 0.15) is 11.6 Å². The number of carbonyl (C=O) groups excluding carboxylic acids is 2. The maximum absolute atomic E-state index is 12.6. The topological polar surface area (TPSA) is 89.2 Å². The minimum absolute atomic E-state index is 0.133. The Hall–Kier alpha value is -1.69. The third kappa shape index (κ3) is 5.18. The van der Waals surface area contributed by atoms with Gasteiger partial charge in [-0.25, -0.2) is 9.97 Å². The third-order valence-electron chi connectivity index (χ3n) is 5.91. The van der Waals surface area contributed by atoms with Gasteiger partial charge in [0, 0.05) is 42.6 Å². The summed E-state index contributed by atoms with van der Waals surface area (Å²) in [5, 5.41) is 0.190. The predicted octanol–water partition coefficient (Wildman–Crippen LogP) is 3.20. The molecule has 148 valence electrons. The van der Waals surface area contributed by atoms with E-state index >= 15 is 0 Å². The molecule has 1 saturated carbocycles. The van der Waals surface area contributed by atoms with Crippen molar-refractivity contribution in [3.05, 3.63) is 16.5 Å². The summed E-state index contributed by atoms with van der Waals surface area (Å²) in [7, 11) is 0. The first-order valence-electron chi connectivity index (χ1n) is 9.95. The first-order valence-corrected chi connectivity index (χ1v) is 10.3. The first-order chi connectivity index (χ1) is 12.8. The molecular formula is C20H29ClN4O2. The molecule has 0 unspecified atom stereocenters. The van der Waals surface area contributed by atoms with Gasteiger partial charge < -0.3 is 10.6 Å². The van der Waals surface area contributed by atoms with Gasteiger partial charge in [0.2, 0.25) is 11.2 Å². The van der Waals surface area contributed by atoms with Crippen molar-refractivity contribution in [2.45, 2.75) is 58.8 Å². The molecule has 0 bridgehead atoms. The quantitative estimate of drug-likeness (QED) is 0.719. The van der Waals surface area contributed by atoms with Crippen molar-refractivity contribution in [1.82, 2.24) is 14.9 Å². The highest BCUT2D eigenvalue weighted by Crippen LogP contribution is 2.32. The summed E-state index contributed by atoms with van der Waals surface area (Å²) < 4.78 is 0. The highest BCUT2D eigenvalue weighted by Gasteiger charge is 2.33. The monoisotopic (exact) mass is 392 g/mol. The van der Waals surface area contributed by atoms with Gasteiger partial charge in [-0.2, -0.15) is 0 Å². The van der Waals surface area contributed by atoms with Crippen LogP contribution in [0.2, 0.25) is 5.28 Å². The Morgan fingerprint density at radius 1 is 1.22 bits per heavy atom. The van der Waals surface area contributed by atoms with Crippen molar-refractivity contribution in [2.24, 2.45) is 17.8 Å². The number of rotatable bonds is 7. The van der Waals surface area contributed by atoms with Crippen molar-refractivity contribution in [3.8, 4) is 0 Å². The van der Waals surface area contributed by atoms with E-state index in [0.29, 0.717) is 18.2 Å². The molecular weight excluding hydrogens is 364 g/mol. The number of nitrogens with zero attached hydrogens (tertiary/aromatic N) is 3. The number of piperidine rings is 1. The number of aromatic nitrogens is 2. The van der Waals surface area contributed by atoms with Crippen LogP contribution in [0.4, 0.5) is 5.82 Å². The number of nitrogen functional groups attached to an aromatic ring is 1. The van der Waals surface area contributed by atoms with Crippen molar-refractivity contribution in [1.29, 1.82) is 0 Å². The van der Waals surface area contributed by atoms with E-state index in [1.807, 2.05) is 18.7 Å². The number of hydrogen-bond donors (Lipinski definition) is 1. The molecule has 6 nitrogen and oxygen atoms in total. The number of ketones is 1. The second-order valence-electron chi connectivity index (χ2n) is 8.09. The highest BCUT2D eigenvalue weighted by molar-refractivity contribution is 6.28. The molecule has 2 heterocycles. The van der Waals surface area contributed by atoms with Crippen LogP contribution in [0.15, 0.2) is 0 Å². The lowest BCUT2D eigenvalue weighted by atomic mass is 9.89. The number of anilines is 1. The molecule has 2 fully saturated rings. The number of Topliss-reactive ketones (excluding diaryl/α,β-unsaturated/α-hetero) is 1. The Labute approximate surface area is 165 Å². The summed E-state index contributed by atoms with van der Waals surface area (Å²) in [5.74, 6) is 1.47. The summed E-state index contributed by atoms with van der Waals surface area (Å²) in [5.41, 5.74) is 7.80. The van der Waals surface area contributed by atoms with Gasteiger partial charge in [0.25, 0.3) is 0 Å². The van der Waals surface area contributed by atoms with E-state index < -0.39 is 0 Å². The van der Waals surface area contributed by atoms with Gasteiger partial charge in [0.15, 0.2) is 0 Å². The lowest BCUT2D eigenvalue weighted by Crippen LogP contribution is -2.41. The SMILES string of the molecule is Cc1nc(Cl)nc(N)c1CCC1CCN(C(=O)[C@H](C)CC(=O)C2CC2)CC1. The van der Waals surface area contributed by atoms with Crippen molar-refractivity contribution in [2.75, 3.05) is 18.8 Å². The minimum Gasteiger partial charge on any atom is -0.383 e. The van der Waals surface area contributed by atoms with Crippen LogP contribution in [0.1, 0.15) is 56.7 Å². The smallest absolute Gasteiger partial charge is 0.225 e. The van der Waals surface area contributed by atoms with Crippen LogP contribution in [0.3, 0.4) is 0 Å². The van der Waals surface area contributed by atoms with Gasteiger partial charge in [-0.1, -0.05) is 6.92 Å². The average molecular weight is 393 g/mol. The van der Waals surface area contributed by atoms with E-state index in [9.17, 15) is 9.59 Å². The molecule has 0 radical (unpaired) electrons. The molecule has 0 aromatic carbocycles. The van der Waals surface area contributed by atoms with Gasteiger partial charge in [-0.05, 0) is 63.0 Å². The van der Waals surface area contributed by atoms with Crippen LogP contribution in [0.25, 0.3) is 0 Å². The zero-order chi connectivity index (χ0) is 19.6. The Bertz CT molecular complexity index is 689. The molecule has 2 N–H and O–H groups in total. The lowest BCUT2D eigenvalue weighted by Gasteiger charge is -2.33. The molecule has 1 aromatic rings. The van der Waals surface area contributed by atoms with E-state index in [1.54, 1.807) is 0 Å². The summed E-state index contributed by atoms with van der Waals surface area (Å²) in [6.45, 7) is 5.35. The van der Waals surface area contributed by atoms with Gasteiger partial charge in [0.05, 0.1) is 0 Å². The summed E-state index contributed by atoms with van der Waals surface area (Å²) >= 11 is 5.83. The fourth-order valence-corrected chi connectivity index (χ4v) is 4.17. The zero-order valence-corrected chi connectivity index (χ0v) is 17.0. The van der Waals surface area contributed by atoms with Crippen molar-refractivity contribution in [3.63, 3.8) is 0 Å². The Morgan fingerprint density at radius 2 is 1.89 bits per heavy atom. The maximum Gasteiger partial charge on any atom is 0.225 e. The van der Waals surface area contributed by atoms with E-state index in [2.05, 4.69) is 9.97 Å². The van der Waals surface area contributed by atoms with Crippen LogP contribution in [0, 0.1) is 24.7 Å². The van der Waals surface area contributed by atoms with Crippen LogP contribution in [-0.2, 0) is 16.0 Å². The second kappa shape index (κ2) is 8.55. The summed E-state index contributed by atoms with van der Waals surface area (Å²) in [6.07, 6.45) is 6.23. The fourth-order valence-electron chi connectivity index (χ4n) is 3.96. The van der Waals surface area contributed by atoms with E-state index in [4.69, 9.17) is 17.3 Å². The summed E-state index contributed by atoms with van der Waals surface area (Å²) in [4.78, 5) is 34.7. The normalized spacial score (nSPS) is 19.1. The molecule has 1 saturated heterocycles. The molecule has 1 aliphatic carbocycles. The molecule has 1 aliphatic heterocycles. The Balaban J connectivity index is 1.44. The van der Waals surface area contributed by atoms with Crippen LogP contribution >= 0.6 is 11.6 Å². The predicted molar refractivity (Wildman–Crippen MR) is 105 cm³/mol. The number of likely N-dealkylation sites (tertiary alicyclic amines) is 1. The van der Waals surface area contributed by atoms with Gasteiger partial charge in [-0.15, -0.1) is 0 Å². The van der Waals surface area contributed by atoms with E-state index in [1.165, 1.54) is 0 Å². The number of hydrogen-bond acceptors (Lipinski definition) is 5. The largest absolute Gasteiger partial charge is 0.383 e. The fraction of sp³-hybridized carbons (Fsp3) is 0.700. The van der Waals surface area contributed by atoms with Gasteiger partial charge in [-0.3, -0.25) is 9.59 Å². The van der Waals surface area contributed by atoms with Crippen molar-refractivity contribution >= 4 is 29.1 Å². The number of amides is 1.